The second kappa shape index (κ2) is 5.82. The van der Waals surface area contributed by atoms with Gasteiger partial charge in [-0.3, -0.25) is 4.79 Å². The van der Waals surface area contributed by atoms with Crippen molar-refractivity contribution in [3.05, 3.63) is 34.5 Å². The molecule has 3 N–H and O–H groups in total. The van der Waals surface area contributed by atoms with Gasteiger partial charge in [-0.1, -0.05) is 6.08 Å². The number of thiophene rings is 1. The van der Waals surface area contributed by atoms with E-state index in [0.29, 0.717) is 6.42 Å². The first-order valence-electron chi connectivity index (χ1n) is 5.27. The Kier molecular flexibility index (Phi) is 4.71. The standard InChI is InChI=1S/C12H18N2OS/c1-4-5-10(13)12(15)14-9(3)11-7-6-8(2)16-11/h4,6-7,9-10H,1,5,13H2,2-3H3,(H,14,15). The third kappa shape index (κ3) is 3.47. The molecule has 0 saturated heterocycles. The van der Waals surface area contributed by atoms with Crippen LogP contribution in [-0.2, 0) is 4.79 Å². The summed E-state index contributed by atoms with van der Waals surface area (Å²) < 4.78 is 0. The van der Waals surface area contributed by atoms with Crippen LogP contribution in [0.1, 0.15) is 29.1 Å². The van der Waals surface area contributed by atoms with Crippen molar-refractivity contribution in [1.29, 1.82) is 0 Å². The highest BCUT2D eigenvalue weighted by Crippen LogP contribution is 2.22. The molecule has 1 aromatic heterocycles. The average Bonchev–Trinajstić information content (AvgIpc) is 2.65. The van der Waals surface area contributed by atoms with Crippen molar-refractivity contribution in [2.24, 2.45) is 5.73 Å². The van der Waals surface area contributed by atoms with Gasteiger partial charge < -0.3 is 11.1 Å². The molecule has 2 atom stereocenters. The van der Waals surface area contributed by atoms with Crippen LogP contribution < -0.4 is 11.1 Å². The lowest BCUT2D eigenvalue weighted by molar-refractivity contribution is -0.122. The Morgan fingerprint density at radius 2 is 2.38 bits per heavy atom. The summed E-state index contributed by atoms with van der Waals surface area (Å²) in [5.41, 5.74) is 5.68. The summed E-state index contributed by atoms with van der Waals surface area (Å²) in [5, 5.41) is 2.89. The van der Waals surface area contributed by atoms with E-state index in [4.69, 9.17) is 5.73 Å². The van der Waals surface area contributed by atoms with Crippen LogP contribution in [0.2, 0.25) is 0 Å². The van der Waals surface area contributed by atoms with Gasteiger partial charge in [0.25, 0.3) is 0 Å². The summed E-state index contributed by atoms with van der Waals surface area (Å²) in [5.74, 6) is -0.126. The first kappa shape index (κ1) is 12.9. The van der Waals surface area contributed by atoms with E-state index in [1.807, 2.05) is 26.0 Å². The lowest BCUT2D eigenvalue weighted by Crippen LogP contribution is -2.41. The molecule has 0 radical (unpaired) electrons. The molecular weight excluding hydrogens is 220 g/mol. The molecule has 1 rings (SSSR count). The van der Waals surface area contributed by atoms with E-state index >= 15 is 0 Å². The fourth-order valence-corrected chi connectivity index (χ4v) is 2.24. The number of nitrogens with two attached hydrogens (primary N) is 1. The van der Waals surface area contributed by atoms with Gasteiger partial charge in [0, 0.05) is 9.75 Å². The highest BCUT2D eigenvalue weighted by Gasteiger charge is 2.15. The molecule has 0 bridgehead atoms. The zero-order valence-electron chi connectivity index (χ0n) is 9.69. The zero-order valence-corrected chi connectivity index (χ0v) is 10.5. The number of nitrogens with one attached hydrogen (secondary N) is 1. The Bertz CT molecular complexity index is 373. The quantitative estimate of drug-likeness (QED) is 0.772. The third-order valence-corrected chi connectivity index (χ3v) is 3.49. The maximum atomic E-state index is 11.6. The monoisotopic (exact) mass is 238 g/mol. The number of hydrogen-bond donors (Lipinski definition) is 2. The van der Waals surface area contributed by atoms with Crippen molar-refractivity contribution in [3.63, 3.8) is 0 Å². The predicted octanol–water partition coefficient (Wildman–Crippen LogP) is 2.14. The second-order valence-corrected chi connectivity index (χ2v) is 5.13. The van der Waals surface area contributed by atoms with E-state index in [1.54, 1.807) is 17.4 Å². The van der Waals surface area contributed by atoms with Gasteiger partial charge in [0.1, 0.15) is 0 Å². The Labute approximate surface area is 100 Å². The molecule has 1 amide bonds. The van der Waals surface area contributed by atoms with Gasteiger partial charge in [0.2, 0.25) is 5.91 Å². The Morgan fingerprint density at radius 1 is 1.69 bits per heavy atom. The number of aryl methyl sites for hydroxylation is 1. The third-order valence-electron chi connectivity index (χ3n) is 2.30. The molecule has 0 aliphatic carbocycles. The van der Waals surface area contributed by atoms with Crippen LogP contribution in [0.25, 0.3) is 0 Å². The summed E-state index contributed by atoms with van der Waals surface area (Å²) in [6.45, 7) is 7.58. The van der Waals surface area contributed by atoms with Crippen LogP contribution >= 0.6 is 11.3 Å². The normalized spacial score (nSPS) is 14.2. The van der Waals surface area contributed by atoms with Crippen LogP contribution in [-0.4, -0.2) is 11.9 Å². The minimum absolute atomic E-state index is 0.0158. The summed E-state index contributed by atoms with van der Waals surface area (Å²) in [6, 6.07) is 3.60. The highest BCUT2D eigenvalue weighted by atomic mass is 32.1. The minimum atomic E-state index is -0.499. The summed E-state index contributed by atoms with van der Waals surface area (Å²) >= 11 is 1.69. The van der Waals surface area contributed by atoms with E-state index in [1.165, 1.54) is 4.88 Å². The molecule has 2 unspecified atom stereocenters. The lowest BCUT2D eigenvalue weighted by atomic mass is 10.2. The fraction of sp³-hybridized carbons (Fsp3) is 0.417. The van der Waals surface area contributed by atoms with Crippen LogP contribution in [0, 0.1) is 6.92 Å². The van der Waals surface area contributed by atoms with Crippen LogP contribution in [0.5, 0.6) is 0 Å². The number of rotatable bonds is 5. The molecule has 88 valence electrons. The molecule has 0 spiro atoms. The van der Waals surface area contributed by atoms with Gasteiger partial charge in [-0.15, -0.1) is 17.9 Å². The van der Waals surface area contributed by atoms with Gasteiger partial charge in [0.05, 0.1) is 12.1 Å². The Hall–Kier alpha value is -1.13. The van der Waals surface area contributed by atoms with E-state index < -0.39 is 6.04 Å². The Morgan fingerprint density at radius 3 is 2.88 bits per heavy atom. The number of hydrogen-bond acceptors (Lipinski definition) is 3. The van der Waals surface area contributed by atoms with Crippen molar-refractivity contribution >= 4 is 17.2 Å². The molecule has 0 aromatic carbocycles. The lowest BCUT2D eigenvalue weighted by Gasteiger charge is -2.15. The molecule has 0 aliphatic heterocycles. The van der Waals surface area contributed by atoms with Crippen molar-refractivity contribution < 1.29 is 4.79 Å². The van der Waals surface area contributed by atoms with Crippen LogP contribution in [0.4, 0.5) is 0 Å². The largest absolute Gasteiger partial charge is 0.347 e. The molecule has 4 heteroatoms. The second-order valence-electron chi connectivity index (χ2n) is 3.81. The summed E-state index contributed by atoms with van der Waals surface area (Å²) in [7, 11) is 0. The highest BCUT2D eigenvalue weighted by molar-refractivity contribution is 7.12. The average molecular weight is 238 g/mol. The van der Waals surface area contributed by atoms with Gasteiger partial charge in [-0.05, 0) is 32.4 Å². The minimum Gasteiger partial charge on any atom is -0.347 e. The molecule has 1 heterocycles. The maximum absolute atomic E-state index is 11.6. The van der Waals surface area contributed by atoms with E-state index in [0.717, 1.165) is 4.88 Å². The van der Waals surface area contributed by atoms with E-state index in [9.17, 15) is 4.79 Å². The zero-order chi connectivity index (χ0) is 12.1. The first-order chi connectivity index (χ1) is 7.54. The first-order valence-corrected chi connectivity index (χ1v) is 6.09. The summed E-state index contributed by atoms with van der Waals surface area (Å²) in [6.07, 6.45) is 2.16. The van der Waals surface area contributed by atoms with Crippen LogP contribution in [0.15, 0.2) is 24.8 Å². The van der Waals surface area contributed by atoms with Gasteiger partial charge in [0.15, 0.2) is 0 Å². The topological polar surface area (TPSA) is 55.1 Å². The molecular formula is C12H18N2OS. The van der Waals surface area contributed by atoms with Crippen molar-refractivity contribution in [2.75, 3.05) is 0 Å². The molecule has 3 nitrogen and oxygen atoms in total. The van der Waals surface area contributed by atoms with Crippen LogP contribution in [0.3, 0.4) is 0 Å². The van der Waals surface area contributed by atoms with Crippen molar-refractivity contribution in [1.82, 2.24) is 5.32 Å². The predicted molar refractivity (Wildman–Crippen MR) is 68.4 cm³/mol. The maximum Gasteiger partial charge on any atom is 0.237 e. The van der Waals surface area contributed by atoms with Gasteiger partial charge in [-0.25, -0.2) is 0 Å². The van der Waals surface area contributed by atoms with Gasteiger partial charge >= 0.3 is 0 Å². The smallest absolute Gasteiger partial charge is 0.237 e. The Balaban J connectivity index is 2.54. The molecule has 0 saturated carbocycles. The molecule has 16 heavy (non-hydrogen) atoms. The molecule has 0 fully saturated rings. The number of amides is 1. The van der Waals surface area contributed by atoms with Crippen molar-refractivity contribution in [2.45, 2.75) is 32.4 Å². The molecule has 1 aromatic rings. The number of carbonyl (C=O) groups excluding carboxylic acids is 1. The fourth-order valence-electron chi connectivity index (χ4n) is 1.36. The summed E-state index contributed by atoms with van der Waals surface area (Å²) in [4.78, 5) is 14.0. The molecule has 0 aliphatic rings. The number of carbonyl (C=O) groups is 1. The van der Waals surface area contributed by atoms with E-state index in [-0.39, 0.29) is 11.9 Å². The van der Waals surface area contributed by atoms with Gasteiger partial charge in [-0.2, -0.15) is 0 Å². The van der Waals surface area contributed by atoms with Crippen molar-refractivity contribution in [3.8, 4) is 0 Å². The van der Waals surface area contributed by atoms with E-state index in [2.05, 4.69) is 11.9 Å². The SMILES string of the molecule is C=CCC(N)C(=O)NC(C)c1ccc(C)s1.